The van der Waals surface area contributed by atoms with Crippen molar-refractivity contribution in [1.82, 2.24) is 20.0 Å². The fourth-order valence-corrected chi connectivity index (χ4v) is 3.84. The van der Waals surface area contributed by atoms with Gasteiger partial charge >= 0.3 is 5.97 Å². The highest BCUT2D eigenvalue weighted by Crippen LogP contribution is 2.42. The molecule has 0 saturated carbocycles. The van der Waals surface area contributed by atoms with Gasteiger partial charge in [-0.3, -0.25) is 0 Å². The average molecular weight is 347 g/mol. The number of aromatic amines is 1. The van der Waals surface area contributed by atoms with Crippen molar-refractivity contribution in [1.29, 1.82) is 0 Å². The summed E-state index contributed by atoms with van der Waals surface area (Å²) < 4.78 is 1.95. The van der Waals surface area contributed by atoms with E-state index in [9.17, 15) is 9.90 Å². The Labute approximate surface area is 149 Å². The first kappa shape index (κ1) is 15.0. The number of hydrogen-bond donors (Lipinski definition) is 3. The molecule has 0 bridgehead atoms. The molecule has 0 aliphatic carbocycles. The second kappa shape index (κ2) is 5.09. The minimum atomic E-state index is -0.921. The smallest absolute Gasteiger partial charge is 0.335 e. The van der Waals surface area contributed by atoms with E-state index < -0.39 is 5.97 Å². The van der Waals surface area contributed by atoms with Crippen LogP contribution in [0.2, 0.25) is 0 Å². The Morgan fingerprint density at radius 2 is 2.12 bits per heavy atom. The molecule has 0 amide bonds. The number of hydrazine groups is 1. The summed E-state index contributed by atoms with van der Waals surface area (Å²) in [4.78, 5) is 19.2. The Hall–Kier alpha value is -3.32. The minimum absolute atomic E-state index is 0.140. The van der Waals surface area contributed by atoms with Crippen LogP contribution in [-0.4, -0.2) is 38.9 Å². The maximum absolute atomic E-state index is 11.3. The molecule has 0 spiro atoms. The van der Waals surface area contributed by atoms with Gasteiger partial charge < -0.3 is 20.1 Å². The van der Waals surface area contributed by atoms with Crippen molar-refractivity contribution in [3.05, 3.63) is 53.4 Å². The van der Waals surface area contributed by atoms with Gasteiger partial charge in [0.15, 0.2) is 0 Å². The van der Waals surface area contributed by atoms with Gasteiger partial charge in [0, 0.05) is 66.0 Å². The lowest BCUT2D eigenvalue weighted by molar-refractivity contribution is 0.0697. The van der Waals surface area contributed by atoms with Gasteiger partial charge in [-0.1, -0.05) is 6.07 Å². The number of rotatable bonds is 2. The maximum Gasteiger partial charge on any atom is 0.335 e. The van der Waals surface area contributed by atoms with E-state index >= 15 is 0 Å². The Bertz CT molecular complexity index is 1130. The molecule has 2 aliphatic heterocycles. The van der Waals surface area contributed by atoms with E-state index in [4.69, 9.17) is 0 Å². The molecule has 1 atom stereocenters. The standard InChI is InChI=1S/C19H17N5O2/c1-23-9-14(12-4-3-10(19(25)26)5-16(12)23)15-6-13-17-11(8-21-24(17)2)7-20-18(13)22-15/h3-9,17,21-22H,1-2H3,(H,25,26). The average Bonchev–Trinajstić information content (AvgIpc) is 3.30. The third kappa shape index (κ3) is 1.98. The molecule has 130 valence electrons. The van der Waals surface area contributed by atoms with Crippen molar-refractivity contribution < 1.29 is 9.90 Å². The first-order valence-electron chi connectivity index (χ1n) is 8.32. The molecule has 1 unspecified atom stereocenters. The quantitative estimate of drug-likeness (QED) is 0.665. The third-order valence-electron chi connectivity index (χ3n) is 5.13. The molecule has 7 heteroatoms. The van der Waals surface area contributed by atoms with E-state index in [2.05, 4.69) is 26.5 Å². The van der Waals surface area contributed by atoms with E-state index in [1.165, 1.54) is 0 Å². The van der Waals surface area contributed by atoms with E-state index in [1.54, 1.807) is 12.1 Å². The summed E-state index contributed by atoms with van der Waals surface area (Å²) in [7, 11) is 3.93. The van der Waals surface area contributed by atoms with Gasteiger partial charge in [0.2, 0.25) is 0 Å². The summed E-state index contributed by atoms with van der Waals surface area (Å²) in [5.41, 5.74) is 8.64. The number of carboxylic acid groups (broad SMARTS) is 1. The van der Waals surface area contributed by atoms with E-state index in [1.807, 2.05) is 43.3 Å². The highest BCUT2D eigenvalue weighted by atomic mass is 16.4. The molecule has 0 fully saturated rings. The SMILES string of the molecule is CN1NC=C2C=Nc3[nH]c(-c4cn(C)c5cc(C(=O)O)ccc45)cc3C21. The summed E-state index contributed by atoms with van der Waals surface area (Å²) in [5.74, 6) is -0.0627. The predicted octanol–water partition coefficient (Wildman–Crippen LogP) is 2.96. The molecule has 5 rings (SSSR count). The molecule has 26 heavy (non-hydrogen) atoms. The molecule has 7 nitrogen and oxygen atoms in total. The van der Waals surface area contributed by atoms with Gasteiger partial charge in [-0.15, -0.1) is 0 Å². The van der Waals surface area contributed by atoms with E-state index in [-0.39, 0.29) is 11.6 Å². The van der Waals surface area contributed by atoms with Gasteiger partial charge in [0.1, 0.15) is 5.82 Å². The molecule has 0 saturated heterocycles. The zero-order valence-corrected chi connectivity index (χ0v) is 14.3. The lowest BCUT2D eigenvalue weighted by Gasteiger charge is -2.23. The summed E-state index contributed by atoms with van der Waals surface area (Å²) in [6.07, 6.45) is 5.87. The second-order valence-corrected chi connectivity index (χ2v) is 6.72. The number of nitrogens with one attached hydrogen (secondary N) is 2. The Morgan fingerprint density at radius 1 is 1.27 bits per heavy atom. The predicted molar refractivity (Wildman–Crippen MR) is 99.5 cm³/mol. The van der Waals surface area contributed by atoms with Crippen LogP contribution in [0.4, 0.5) is 5.82 Å². The molecule has 3 N–H and O–H groups in total. The Kier molecular flexibility index (Phi) is 2.93. The van der Waals surface area contributed by atoms with E-state index in [0.717, 1.165) is 39.1 Å². The Morgan fingerprint density at radius 3 is 2.92 bits per heavy atom. The lowest BCUT2D eigenvalue weighted by atomic mass is 9.99. The van der Waals surface area contributed by atoms with Crippen LogP contribution in [-0.2, 0) is 7.05 Å². The minimum Gasteiger partial charge on any atom is -0.478 e. The lowest BCUT2D eigenvalue weighted by Crippen LogP contribution is -2.29. The first-order valence-corrected chi connectivity index (χ1v) is 8.32. The molecule has 1 aromatic carbocycles. The van der Waals surface area contributed by atoms with Crippen LogP contribution in [0, 0.1) is 0 Å². The fourth-order valence-electron chi connectivity index (χ4n) is 3.84. The first-order chi connectivity index (χ1) is 12.5. The number of nitrogens with zero attached hydrogens (tertiary/aromatic N) is 3. The number of carbonyl (C=O) groups is 1. The number of H-pyrrole nitrogens is 1. The van der Waals surface area contributed by atoms with Crippen molar-refractivity contribution in [3.63, 3.8) is 0 Å². The molecule has 2 aromatic heterocycles. The largest absolute Gasteiger partial charge is 0.478 e. The summed E-state index contributed by atoms with van der Waals surface area (Å²) in [5, 5.41) is 12.3. The van der Waals surface area contributed by atoms with Crippen LogP contribution in [0.1, 0.15) is 22.0 Å². The highest BCUT2D eigenvalue weighted by molar-refractivity contribution is 6.00. The number of benzene rings is 1. The van der Waals surface area contributed by atoms with Crippen LogP contribution in [0.5, 0.6) is 0 Å². The number of aromatic nitrogens is 2. The van der Waals surface area contributed by atoms with Crippen LogP contribution < -0.4 is 5.43 Å². The maximum atomic E-state index is 11.3. The monoisotopic (exact) mass is 347 g/mol. The molecular formula is C19H17N5O2. The van der Waals surface area contributed by atoms with Crippen molar-refractivity contribution >= 4 is 28.9 Å². The van der Waals surface area contributed by atoms with Gasteiger partial charge in [0.05, 0.1) is 11.6 Å². The van der Waals surface area contributed by atoms with Gasteiger partial charge in [-0.05, 0) is 18.2 Å². The highest BCUT2D eigenvalue weighted by Gasteiger charge is 2.32. The van der Waals surface area contributed by atoms with Crippen molar-refractivity contribution in [3.8, 4) is 11.3 Å². The number of aryl methyl sites for hydroxylation is 1. The van der Waals surface area contributed by atoms with Crippen LogP contribution in [0.3, 0.4) is 0 Å². The third-order valence-corrected chi connectivity index (χ3v) is 5.13. The molecule has 2 aliphatic rings. The number of hydrogen-bond acceptors (Lipinski definition) is 4. The van der Waals surface area contributed by atoms with Crippen molar-refractivity contribution in [2.75, 3.05) is 7.05 Å². The van der Waals surface area contributed by atoms with E-state index in [0.29, 0.717) is 0 Å². The van der Waals surface area contributed by atoms with Gasteiger partial charge in [-0.2, -0.15) is 0 Å². The topological polar surface area (TPSA) is 85.7 Å². The van der Waals surface area contributed by atoms with Crippen LogP contribution >= 0.6 is 0 Å². The second-order valence-electron chi connectivity index (χ2n) is 6.72. The van der Waals surface area contributed by atoms with Crippen LogP contribution in [0.25, 0.3) is 22.2 Å². The van der Waals surface area contributed by atoms with Crippen molar-refractivity contribution in [2.45, 2.75) is 6.04 Å². The Balaban J connectivity index is 1.66. The zero-order chi connectivity index (χ0) is 18.0. The van der Waals surface area contributed by atoms with Crippen molar-refractivity contribution in [2.24, 2.45) is 12.0 Å². The van der Waals surface area contributed by atoms with Crippen LogP contribution in [0.15, 0.2) is 47.2 Å². The number of fused-ring (bicyclic) bond motifs is 4. The number of likely N-dealkylation sites (N-methyl/N-ethyl adjacent to an activating group) is 1. The number of aliphatic imine (C=N–C) groups is 1. The number of aromatic carboxylic acids is 1. The zero-order valence-electron chi connectivity index (χ0n) is 14.3. The fraction of sp³-hybridized carbons (Fsp3) is 0.158. The molecule has 0 radical (unpaired) electrons. The number of carboxylic acids is 1. The summed E-state index contributed by atoms with van der Waals surface area (Å²) >= 11 is 0. The molecule has 3 aromatic rings. The summed E-state index contributed by atoms with van der Waals surface area (Å²) in [6, 6.07) is 7.49. The molecular weight excluding hydrogens is 330 g/mol. The molecule has 4 heterocycles. The summed E-state index contributed by atoms with van der Waals surface area (Å²) in [6.45, 7) is 0. The van der Waals surface area contributed by atoms with Gasteiger partial charge in [0.25, 0.3) is 0 Å². The normalized spacial score (nSPS) is 18.5. The van der Waals surface area contributed by atoms with Gasteiger partial charge in [-0.25, -0.2) is 14.8 Å².